The van der Waals surface area contributed by atoms with Crippen LogP contribution in [0.5, 0.6) is 0 Å². The van der Waals surface area contributed by atoms with Crippen LogP contribution in [0.1, 0.15) is 13.3 Å². The van der Waals surface area contributed by atoms with Gasteiger partial charge in [-0.25, -0.2) is 0 Å². The van der Waals surface area contributed by atoms with E-state index in [2.05, 4.69) is 159 Å². The summed E-state index contributed by atoms with van der Waals surface area (Å²) in [6.45, 7) is 2.16. The minimum atomic E-state index is 0.900. The molecule has 0 atom stereocenters. The molecule has 0 aromatic heterocycles. The third-order valence-corrected chi connectivity index (χ3v) is 8.70. The van der Waals surface area contributed by atoms with Gasteiger partial charge in [0.15, 0.2) is 0 Å². The molecule has 0 radical (unpaired) electrons. The maximum absolute atomic E-state index is 2.44. The van der Waals surface area contributed by atoms with Gasteiger partial charge in [0.2, 0.25) is 0 Å². The molecule has 0 fully saturated rings. The Morgan fingerprint density at radius 2 is 1.10 bits per heavy atom. The van der Waals surface area contributed by atoms with E-state index in [0.717, 1.165) is 6.42 Å². The van der Waals surface area contributed by atoms with Gasteiger partial charge in [0, 0.05) is 0 Å². The summed E-state index contributed by atoms with van der Waals surface area (Å²) in [5.74, 6) is 0. The number of fused-ring (bicyclic) bond motifs is 6. The second kappa shape index (κ2) is 10.0. The molecular formula is C42H30. The van der Waals surface area contributed by atoms with Gasteiger partial charge in [0.1, 0.15) is 0 Å². The van der Waals surface area contributed by atoms with Gasteiger partial charge in [-0.2, -0.15) is 0 Å². The number of hydrogen-bond donors (Lipinski definition) is 0. The van der Waals surface area contributed by atoms with Crippen LogP contribution < -0.4 is 10.4 Å². The molecule has 0 saturated heterocycles. The van der Waals surface area contributed by atoms with Gasteiger partial charge >= 0.3 is 0 Å². The van der Waals surface area contributed by atoms with Crippen LogP contribution in [0.3, 0.4) is 0 Å². The first-order valence-corrected chi connectivity index (χ1v) is 14.7. The molecule has 6 aromatic carbocycles. The Hall–Kier alpha value is -5.20. The van der Waals surface area contributed by atoms with E-state index in [0.29, 0.717) is 0 Å². The quantitative estimate of drug-likeness (QED) is 0.207. The van der Waals surface area contributed by atoms with Crippen LogP contribution in [0.2, 0.25) is 0 Å². The number of allylic oxidation sites excluding steroid dienone is 8. The zero-order valence-corrected chi connectivity index (χ0v) is 23.6. The third kappa shape index (κ3) is 4.16. The van der Waals surface area contributed by atoms with Gasteiger partial charge in [-0.3, -0.25) is 0 Å². The summed E-state index contributed by atoms with van der Waals surface area (Å²) in [5, 5.41) is 10.3. The van der Waals surface area contributed by atoms with Crippen molar-refractivity contribution >= 4 is 44.0 Å². The second-order valence-corrected chi connectivity index (χ2v) is 11.4. The smallest absolute Gasteiger partial charge is 0.00192 e. The maximum atomic E-state index is 2.44. The summed E-state index contributed by atoms with van der Waals surface area (Å²) < 4.78 is 0. The lowest BCUT2D eigenvalue weighted by Crippen LogP contribution is -2.34. The molecule has 2 aliphatic carbocycles. The van der Waals surface area contributed by atoms with Crippen molar-refractivity contribution in [2.24, 2.45) is 0 Å². The van der Waals surface area contributed by atoms with Crippen molar-refractivity contribution in [2.75, 3.05) is 0 Å². The van der Waals surface area contributed by atoms with E-state index in [-0.39, 0.29) is 0 Å². The van der Waals surface area contributed by atoms with E-state index in [1.54, 1.807) is 0 Å². The Kier molecular flexibility index (Phi) is 5.86. The van der Waals surface area contributed by atoms with Crippen molar-refractivity contribution in [3.63, 3.8) is 0 Å². The van der Waals surface area contributed by atoms with Crippen LogP contribution in [-0.4, -0.2) is 0 Å². The average molecular weight is 535 g/mol. The fourth-order valence-electron chi connectivity index (χ4n) is 6.73. The first-order valence-electron chi connectivity index (χ1n) is 14.7. The van der Waals surface area contributed by atoms with Crippen molar-refractivity contribution in [1.29, 1.82) is 0 Å². The molecule has 8 rings (SSSR count). The standard InChI is InChI=1S/C42H30/c1-28-10-8-12-29-24-34(17-9-11-28)42-39(25-29)40(35-22-20-30-13-2-4-15-32(30)26-35)37-18-6-7-19-38(37)41(42)36-23-21-31-14-3-5-16-33(31)27-36/h2-23,25-27H,24H2,1H3/b10-8-,11-9?,12-8?,17-9-,28-10?,28-11+,29-12+,34-17?. The first-order chi connectivity index (χ1) is 20.7. The molecule has 0 heteroatoms. The molecule has 0 heterocycles. The van der Waals surface area contributed by atoms with Gasteiger partial charge in [-0.1, -0.05) is 145 Å². The van der Waals surface area contributed by atoms with E-state index < -0.39 is 0 Å². The van der Waals surface area contributed by atoms with Crippen molar-refractivity contribution in [3.8, 4) is 22.3 Å². The Bertz CT molecular complexity index is 2320. The van der Waals surface area contributed by atoms with Crippen LogP contribution >= 0.6 is 0 Å². The Morgan fingerprint density at radius 1 is 0.524 bits per heavy atom. The minimum absolute atomic E-state index is 0.900. The van der Waals surface area contributed by atoms with Crippen LogP contribution in [-0.2, 0) is 0 Å². The Balaban J connectivity index is 1.58. The summed E-state index contributed by atoms with van der Waals surface area (Å²) in [5.41, 5.74) is 9.07. The molecular weight excluding hydrogens is 504 g/mol. The molecule has 0 unspecified atom stereocenters. The summed E-state index contributed by atoms with van der Waals surface area (Å²) in [6.07, 6.45) is 16.8. The van der Waals surface area contributed by atoms with Crippen molar-refractivity contribution in [1.82, 2.24) is 0 Å². The van der Waals surface area contributed by atoms with Gasteiger partial charge in [-0.05, 0) is 102 Å². The highest BCUT2D eigenvalue weighted by Gasteiger charge is 2.20. The fraction of sp³-hybridized carbons (Fsp3) is 0.0476. The second-order valence-electron chi connectivity index (χ2n) is 11.4. The monoisotopic (exact) mass is 534 g/mol. The predicted molar refractivity (Wildman–Crippen MR) is 182 cm³/mol. The molecule has 0 saturated carbocycles. The summed E-state index contributed by atoms with van der Waals surface area (Å²) in [6, 6.07) is 40.2. The molecule has 0 nitrogen and oxygen atoms in total. The average Bonchev–Trinajstić information content (AvgIpc) is 3.03. The van der Waals surface area contributed by atoms with Crippen molar-refractivity contribution in [2.45, 2.75) is 13.3 Å². The van der Waals surface area contributed by atoms with Gasteiger partial charge in [0.25, 0.3) is 0 Å². The van der Waals surface area contributed by atoms with Gasteiger partial charge in [0.05, 0.1) is 0 Å². The van der Waals surface area contributed by atoms with E-state index in [1.807, 2.05) is 0 Å². The Morgan fingerprint density at radius 3 is 1.79 bits per heavy atom. The summed E-state index contributed by atoms with van der Waals surface area (Å²) in [4.78, 5) is 0. The lowest BCUT2D eigenvalue weighted by Gasteiger charge is -2.21. The highest BCUT2D eigenvalue weighted by molar-refractivity contribution is 6.08. The third-order valence-electron chi connectivity index (χ3n) is 8.70. The Labute approximate surface area is 246 Å². The van der Waals surface area contributed by atoms with E-state index >= 15 is 0 Å². The van der Waals surface area contributed by atoms with Crippen LogP contribution in [0, 0.1) is 0 Å². The highest BCUT2D eigenvalue weighted by atomic mass is 14.2. The largest absolute Gasteiger partial charge is 0.0617 e. The zero-order chi connectivity index (χ0) is 28.0. The molecule has 6 aromatic rings. The van der Waals surface area contributed by atoms with Crippen LogP contribution in [0.15, 0.2) is 157 Å². The lowest BCUT2D eigenvalue weighted by atomic mass is 9.82. The molecule has 2 aliphatic rings. The van der Waals surface area contributed by atoms with E-state index in [9.17, 15) is 0 Å². The molecule has 2 bridgehead atoms. The predicted octanol–water partition coefficient (Wildman–Crippen LogP) is 9.81. The zero-order valence-electron chi connectivity index (χ0n) is 23.6. The molecule has 0 N–H and O–H groups in total. The first kappa shape index (κ1) is 24.6. The molecule has 0 aliphatic heterocycles. The summed E-state index contributed by atoms with van der Waals surface area (Å²) >= 11 is 0. The minimum Gasteiger partial charge on any atom is -0.0617 e. The van der Waals surface area contributed by atoms with Crippen LogP contribution in [0.4, 0.5) is 0 Å². The highest BCUT2D eigenvalue weighted by Crippen LogP contribution is 2.35. The van der Waals surface area contributed by atoms with E-state index in [1.165, 1.54) is 81.7 Å². The topological polar surface area (TPSA) is 0 Å². The molecule has 198 valence electrons. The van der Waals surface area contributed by atoms with Gasteiger partial charge < -0.3 is 0 Å². The number of rotatable bonds is 2. The molecule has 42 heavy (non-hydrogen) atoms. The van der Waals surface area contributed by atoms with Crippen molar-refractivity contribution < 1.29 is 0 Å². The molecule has 0 amide bonds. The van der Waals surface area contributed by atoms with Gasteiger partial charge in [-0.15, -0.1) is 0 Å². The summed E-state index contributed by atoms with van der Waals surface area (Å²) in [7, 11) is 0. The number of benzene rings is 6. The van der Waals surface area contributed by atoms with E-state index in [4.69, 9.17) is 0 Å². The molecule has 0 spiro atoms. The lowest BCUT2D eigenvalue weighted by molar-refractivity contribution is 1.28. The fourth-order valence-corrected chi connectivity index (χ4v) is 6.73. The van der Waals surface area contributed by atoms with Crippen LogP contribution in [0.25, 0.3) is 66.2 Å². The normalized spacial score (nSPS) is 18.5. The van der Waals surface area contributed by atoms with Crippen molar-refractivity contribution in [3.05, 3.63) is 167 Å². The maximum Gasteiger partial charge on any atom is -0.00192 e. The number of hydrogen-bond acceptors (Lipinski definition) is 0. The SMILES string of the molecule is CC1=C\C=C/C2=c3c(-c4ccc5ccccc5c4)c4ccccc4c(-c4ccc5ccccc5c4)c3=C/C(=C/C=C\1)C2.